The van der Waals surface area contributed by atoms with Crippen LogP contribution in [0.5, 0.6) is 0 Å². The Morgan fingerprint density at radius 2 is 1.53 bits per heavy atom. The first kappa shape index (κ1) is 30.6. The molecule has 5 fully saturated rings. The molecule has 0 aromatic heterocycles. The Balaban J connectivity index is 1.09. The molecule has 9 rings (SSSR count). The molecule has 1 aromatic rings. The number of carbonyl (C=O) groups excluding carboxylic acids is 1. The average molecular weight is 612 g/mol. The number of Topliss-reactive ketones (excluding diaryl/α,β-unsaturated/α-hetero) is 1. The molecule has 4 heteroatoms. The van der Waals surface area contributed by atoms with E-state index in [0.29, 0.717) is 11.7 Å². The van der Waals surface area contributed by atoms with Gasteiger partial charge in [-0.25, -0.2) is 0 Å². The number of likely N-dealkylation sites (tertiary alicyclic amines) is 1. The van der Waals surface area contributed by atoms with Gasteiger partial charge in [-0.3, -0.25) is 4.79 Å². The van der Waals surface area contributed by atoms with Crippen LogP contribution in [0.15, 0.2) is 54.1 Å². The van der Waals surface area contributed by atoms with E-state index in [2.05, 4.69) is 67.3 Å². The number of aliphatic hydroxyl groups excluding tert-OH is 1. The third-order valence-corrected chi connectivity index (χ3v) is 15.5. The number of allylic oxidation sites excluding steroid dienone is 4. The summed E-state index contributed by atoms with van der Waals surface area (Å²) < 4.78 is 0. The number of β-amino-alcohol motifs (C(OH)–C–C–N with tert-alkyl or cyclic N) is 1. The zero-order valence-corrected chi connectivity index (χ0v) is 28.0. The quantitative estimate of drug-likeness (QED) is 0.324. The third kappa shape index (κ3) is 4.43. The summed E-state index contributed by atoms with van der Waals surface area (Å²) in [6.07, 6.45) is 22.9. The molecule has 1 aromatic carbocycles. The molecule has 4 nitrogen and oxygen atoms in total. The van der Waals surface area contributed by atoms with Crippen molar-refractivity contribution >= 4 is 5.78 Å². The molecule has 2 N–H and O–H groups in total. The zero-order valence-electron chi connectivity index (χ0n) is 28.0. The van der Waals surface area contributed by atoms with Crippen molar-refractivity contribution in [2.75, 3.05) is 19.6 Å². The Morgan fingerprint density at radius 1 is 0.844 bits per heavy atom. The number of hydrogen-bond acceptors (Lipinski definition) is 4. The van der Waals surface area contributed by atoms with Crippen LogP contribution in [0.1, 0.15) is 109 Å². The highest BCUT2D eigenvalue weighted by molar-refractivity contribution is 6.00. The van der Waals surface area contributed by atoms with E-state index in [0.717, 1.165) is 95.3 Å². The normalized spacial score (nSPS) is 45.1. The number of rotatable bonds is 6. The summed E-state index contributed by atoms with van der Waals surface area (Å²) in [6.45, 7) is 7.83. The minimum absolute atomic E-state index is 0.0556. The number of fused-ring (bicyclic) bond motifs is 1. The van der Waals surface area contributed by atoms with Crippen molar-refractivity contribution in [3.05, 3.63) is 59.7 Å². The monoisotopic (exact) mass is 611 g/mol. The van der Waals surface area contributed by atoms with Crippen LogP contribution in [-0.2, 0) is 11.2 Å². The van der Waals surface area contributed by atoms with Gasteiger partial charge in [-0.15, -0.1) is 0 Å². The Bertz CT molecular complexity index is 1360. The minimum Gasteiger partial charge on any atom is -0.393 e. The molecule has 7 aliphatic carbocycles. The van der Waals surface area contributed by atoms with Gasteiger partial charge in [0.05, 0.1) is 11.7 Å². The first-order valence-electron chi connectivity index (χ1n) is 18.8. The van der Waals surface area contributed by atoms with Gasteiger partial charge in [0.1, 0.15) is 0 Å². The van der Waals surface area contributed by atoms with Crippen LogP contribution in [0.4, 0.5) is 0 Å². The maximum Gasteiger partial charge on any atom is 0.162 e. The highest BCUT2D eigenvalue weighted by Crippen LogP contribution is 2.78. The van der Waals surface area contributed by atoms with Crippen molar-refractivity contribution in [1.82, 2.24) is 4.90 Å². The summed E-state index contributed by atoms with van der Waals surface area (Å²) in [5, 5.41) is 23.8. The van der Waals surface area contributed by atoms with Gasteiger partial charge in [-0.1, -0.05) is 81.7 Å². The van der Waals surface area contributed by atoms with Crippen LogP contribution < -0.4 is 0 Å². The predicted octanol–water partition coefficient (Wildman–Crippen LogP) is 7.68. The van der Waals surface area contributed by atoms with Crippen molar-refractivity contribution in [1.29, 1.82) is 0 Å². The van der Waals surface area contributed by atoms with E-state index in [1.54, 1.807) is 0 Å². The maximum absolute atomic E-state index is 14.7. The van der Waals surface area contributed by atoms with Crippen molar-refractivity contribution in [2.24, 2.45) is 45.3 Å². The first-order valence-corrected chi connectivity index (χ1v) is 18.8. The van der Waals surface area contributed by atoms with Crippen LogP contribution in [0, 0.1) is 45.3 Å². The first-order chi connectivity index (χ1) is 21.6. The summed E-state index contributed by atoms with van der Waals surface area (Å²) >= 11 is 0. The highest BCUT2D eigenvalue weighted by Gasteiger charge is 2.74. The Hall–Kier alpha value is -1.75. The largest absolute Gasteiger partial charge is 0.393 e. The van der Waals surface area contributed by atoms with Crippen molar-refractivity contribution in [2.45, 2.75) is 122 Å². The van der Waals surface area contributed by atoms with E-state index in [9.17, 15) is 15.0 Å². The zero-order chi connectivity index (χ0) is 31.1. The Morgan fingerprint density at radius 3 is 2.29 bits per heavy atom. The molecule has 45 heavy (non-hydrogen) atoms. The lowest BCUT2D eigenvalue weighted by Gasteiger charge is -2.71. The van der Waals surface area contributed by atoms with E-state index >= 15 is 0 Å². The van der Waals surface area contributed by atoms with Gasteiger partial charge in [0.15, 0.2) is 5.78 Å². The molecule has 1 heterocycles. The average Bonchev–Trinajstić information content (AvgIpc) is 3.32. The highest BCUT2D eigenvalue weighted by atomic mass is 16.3. The van der Waals surface area contributed by atoms with Gasteiger partial charge in [0.25, 0.3) is 0 Å². The van der Waals surface area contributed by atoms with E-state index in [1.807, 2.05) is 0 Å². The van der Waals surface area contributed by atoms with Crippen LogP contribution in [0.2, 0.25) is 0 Å². The molecule has 8 aliphatic rings. The molecule has 8 unspecified atom stereocenters. The van der Waals surface area contributed by atoms with Crippen LogP contribution in [0.3, 0.4) is 0 Å². The Labute approximate surface area is 271 Å². The van der Waals surface area contributed by atoms with Crippen LogP contribution in [0.25, 0.3) is 0 Å². The van der Waals surface area contributed by atoms with Gasteiger partial charge >= 0.3 is 0 Å². The molecule has 0 radical (unpaired) electrons. The lowest BCUT2D eigenvalue weighted by atomic mass is 9.32. The summed E-state index contributed by atoms with van der Waals surface area (Å²) in [5.74, 6) is 1.98. The van der Waals surface area contributed by atoms with Crippen LogP contribution in [-0.4, -0.2) is 52.2 Å². The number of ketones is 1. The molecule has 244 valence electrons. The molecular formula is C41H57NO3. The van der Waals surface area contributed by atoms with E-state index in [-0.39, 0.29) is 39.6 Å². The lowest BCUT2D eigenvalue weighted by Crippen LogP contribution is -2.67. The molecule has 8 atom stereocenters. The number of aliphatic hydroxyl groups is 2. The van der Waals surface area contributed by atoms with E-state index in [4.69, 9.17) is 0 Å². The van der Waals surface area contributed by atoms with Gasteiger partial charge in [-0.2, -0.15) is 0 Å². The number of nitrogens with zero attached hydrogens (tertiary/aromatic N) is 1. The SMILES string of the molecule is CC12CCC(O)CC13C=CC1(C(C(=O)C4CCCCC4)=C3)C2CCC2(C)C1CCC2(O)CN1CCC(Cc2ccccc2)CC1. The Kier molecular flexibility index (Phi) is 7.40. The molecule has 2 bridgehead atoms. The standard InChI is InChI=1S/C41H57NO3/c1-37-18-13-32(43)26-39(37)21-22-41(33(27-39)36(44)31-11-7-4-8-12-31)34(37)14-19-38(2)35(41)15-20-40(38,45)28-42-23-16-30(17-24-42)25-29-9-5-3-6-10-29/h3,5-6,9-10,21-22,27,30-32,34-35,43,45H,4,7-8,11-20,23-26,28H2,1-2H3. The van der Waals surface area contributed by atoms with E-state index < -0.39 is 5.60 Å². The minimum atomic E-state index is -0.730. The lowest BCUT2D eigenvalue weighted by molar-refractivity contribution is -0.180. The molecule has 1 saturated heterocycles. The van der Waals surface area contributed by atoms with Gasteiger partial charge < -0.3 is 15.1 Å². The van der Waals surface area contributed by atoms with Crippen molar-refractivity contribution in [3.63, 3.8) is 0 Å². The fraction of sp³-hybridized carbons (Fsp3) is 0.732. The fourth-order valence-electron chi connectivity index (χ4n) is 12.9. The second kappa shape index (κ2) is 10.9. The second-order valence-electron chi connectivity index (χ2n) is 17.4. The molecule has 1 aliphatic heterocycles. The second-order valence-corrected chi connectivity index (χ2v) is 17.4. The van der Waals surface area contributed by atoms with E-state index in [1.165, 1.54) is 37.7 Å². The van der Waals surface area contributed by atoms with Gasteiger partial charge in [-0.05, 0) is 119 Å². The van der Waals surface area contributed by atoms with Crippen LogP contribution >= 0.6 is 0 Å². The third-order valence-electron chi connectivity index (χ3n) is 15.5. The predicted molar refractivity (Wildman–Crippen MR) is 179 cm³/mol. The molecular weight excluding hydrogens is 554 g/mol. The topological polar surface area (TPSA) is 60.8 Å². The molecule has 2 spiro atoms. The summed E-state index contributed by atoms with van der Waals surface area (Å²) in [4.78, 5) is 17.3. The molecule has 0 amide bonds. The smallest absolute Gasteiger partial charge is 0.162 e. The summed E-state index contributed by atoms with van der Waals surface area (Å²) in [5.41, 5.74) is 1.16. The summed E-state index contributed by atoms with van der Waals surface area (Å²) in [7, 11) is 0. The summed E-state index contributed by atoms with van der Waals surface area (Å²) in [6, 6.07) is 10.9. The number of benzene rings is 1. The number of hydrogen-bond donors (Lipinski definition) is 2. The fourth-order valence-corrected chi connectivity index (χ4v) is 12.9. The number of carbonyl (C=O) groups is 1. The maximum atomic E-state index is 14.7. The van der Waals surface area contributed by atoms with Gasteiger partial charge in [0.2, 0.25) is 0 Å². The van der Waals surface area contributed by atoms with Gasteiger partial charge in [0, 0.05) is 34.3 Å². The molecule has 4 saturated carbocycles. The number of piperidine rings is 1. The van der Waals surface area contributed by atoms with Crippen molar-refractivity contribution < 1.29 is 15.0 Å². The van der Waals surface area contributed by atoms with Crippen molar-refractivity contribution in [3.8, 4) is 0 Å².